The Hall–Kier alpha value is -3.14. The maximum Gasteiger partial charge on any atom is 0.229 e. The topological polar surface area (TPSA) is 115 Å². The van der Waals surface area contributed by atoms with E-state index in [-0.39, 0.29) is 18.0 Å². The van der Waals surface area contributed by atoms with Crippen molar-refractivity contribution in [2.75, 3.05) is 23.4 Å². The van der Waals surface area contributed by atoms with Crippen LogP contribution >= 0.6 is 0 Å². The molecular formula is C21H27N5O4S. The summed E-state index contributed by atoms with van der Waals surface area (Å²) in [6.07, 6.45) is 1.84. The Kier molecular flexibility index (Phi) is 6.21. The first-order chi connectivity index (χ1) is 14.5. The van der Waals surface area contributed by atoms with Crippen molar-refractivity contribution in [3.05, 3.63) is 40.7 Å². The molecule has 0 radical (unpaired) electrons. The normalized spacial score (nSPS) is 11.5. The molecule has 0 aliphatic carbocycles. The molecule has 166 valence electrons. The number of nitrogens with one attached hydrogen (secondary N) is 2. The number of methoxy groups -OCH3 is 1. The van der Waals surface area contributed by atoms with Crippen LogP contribution in [0.15, 0.2) is 18.2 Å². The molecule has 2 N–H and O–H groups in total. The van der Waals surface area contributed by atoms with Crippen molar-refractivity contribution >= 4 is 38.3 Å². The van der Waals surface area contributed by atoms with Gasteiger partial charge in [-0.1, -0.05) is 0 Å². The van der Waals surface area contributed by atoms with Crippen LogP contribution in [0, 0.1) is 20.8 Å². The van der Waals surface area contributed by atoms with Crippen LogP contribution in [0.25, 0.3) is 11.0 Å². The number of hydrogen-bond donors (Lipinski definition) is 2. The summed E-state index contributed by atoms with van der Waals surface area (Å²) in [6.45, 7) is 5.93. The zero-order valence-corrected chi connectivity index (χ0v) is 19.3. The average molecular weight is 446 g/mol. The molecule has 0 aliphatic rings. The van der Waals surface area contributed by atoms with Gasteiger partial charge in [0.1, 0.15) is 5.75 Å². The summed E-state index contributed by atoms with van der Waals surface area (Å²) in [4.78, 5) is 17.2. The van der Waals surface area contributed by atoms with Gasteiger partial charge in [0.05, 0.1) is 24.7 Å². The number of aryl methyl sites for hydroxylation is 4. The van der Waals surface area contributed by atoms with Gasteiger partial charge in [0, 0.05) is 30.2 Å². The number of carbonyl (C=O) groups excluding carboxylic acids is 1. The molecule has 9 nitrogen and oxygen atoms in total. The Balaban J connectivity index is 1.76. The molecule has 2 aromatic heterocycles. The molecule has 3 rings (SSSR count). The van der Waals surface area contributed by atoms with Gasteiger partial charge in [0.15, 0.2) is 5.65 Å². The third-order valence-corrected chi connectivity index (χ3v) is 5.70. The van der Waals surface area contributed by atoms with Crippen LogP contribution in [0.2, 0.25) is 0 Å². The Morgan fingerprint density at radius 1 is 1.19 bits per heavy atom. The maximum atomic E-state index is 12.6. The number of fused-ring (bicyclic) bond motifs is 1. The van der Waals surface area contributed by atoms with E-state index in [9.17, 15) is 13.2 Å². The van der Waals surface area contributed by atoms with Gasteiger partial charge in [-0.25, -0.2) is 13.4 Å². The zero-order valence-electron chi connectivity index (χ0n) is 18.5. The number of sulfonamides is 1. The lowest BCUT2D eigenvalue weighted by molar-refractivity contribution is -0.116. The molecule has 0 atom stereocenters. The second-order valence-electron chi connectivity index (χ2n) is 7.55. The summed E-state index contributed by atoms with van der Waals surface area (Å²) < 4.78 is 32.5. The molecule has 2 heterocycles. The average Bonchev–Trinajstić information content (AvgIpc) is 2.94. The third-order valence-electron chi connectivity index (χ3n) is 5.11. The zero-order chi connectivity index (χ0) is 22.9. The first-order valence-corrected chi connectivity index (χ1v) is 11.6. The highest BCUT2D eigenvalue weighted by molar-refractivity contribution is 7.92. The van der Waals surface area contributed by atoms with E-state index in [1.54, 1.807) is 16.8 Å². The van der Waals surface area contributed by atoms with Crippen LogP contribution in [0.5, 0.6) is 5.75 Å². The quantitative estimate of drug-likeness (QED) is 0.578. The van der Waals surface area contributed by atoms with Crippen molar-refractivity contribution in [1.82, 2.24) is 14.8 Å². The molecule has 0 saturated heterocycles. The van der Waals surface area contributed by atoms with E-state index in [4.69, 9.17) is 4.74 Å². The van der Waals surface area contributed by atoms with Crippen molar-refractivity contribution in [3.8, 4) is 5.75 Å². The SMILES string of the molecule is COc1ccc(NC(=O)CCc2c(C)nc3c(c(C)nn3C)c2C)cc1NS(C)(=O)=O. The van der Waals surface area contributed by atoms with Gasteiger partial charge >= 0.3 is 0 Å². The predicted octanol–water partition coefficient (Wildman–Crippen LogP) is 2.84. The van der Waals surface area contributed by atoms with Gasteiger partial charge in [-0.2, -0.15) is 5.10 Å². The van der Waals surface area contributed by atoms with Gasteiger partial charge in [-0.3, -0.25) is 14.2 Å². The summed E-state index contributed by atoms with van der Waals surface area (Å²) in [5.41, 5.74) is 5.49. The van der Waals surface area contributed by atoms with Crippen LogP contribution in [0.4, 0.5) is 11.4 Å². The molecule has 0 aliphatic heterocycles. The minimum atomic E-state index is -3.49. The highest BCUT2D eigenvalue weighted by Crippen LogP contribution is 2.29. The smallest absolute Gasteiger partial charge is 0.229 e. The molecule has 0 spiro atoms. The first-order valence-electron chi connectivity index (χ1n) is 9.75. The molecule has 0 bridgehead atoms. The number of ether oxygens (including phenoxy) is 1. The lowest BCUT2D eigenvalue weighted by atomic mass is 9.99. The standard InChI is InChI=1S/C21H27N5O4S/c1-12-16(13(2)22-21-20(12)14(3)24-26(21)4)8-10-19(27)23-15-7-9-18(30-5)17(11-15)25-31(6,28)29/h7,9,11,25H,8,10H2,1-6H3,(H,23,27). The van der Waals surface area contributed by atoms with E-state index in [1.807, 2.05) is 27.8 Å². The Morgan fingerprint density at radius 2 is 1.90 bits per heavy atom. The van der Waals surface area contributed by atoms with E-state index in [0.29, 0.717) is 17.9 Å². The second kappa shape index (κ2) is 8.54. The van der Waals surface area contributed by atoms with Crippen LogP contribution < -0.4 is 14.8 Å². The summed E-state index contributed by atoms with van der Waals surface area (Å²) in [7, 11) is -0.171. The number of hydrogen-bond acceptors (Lipinski definition) is 6. The lowest BCUT2D eigenvalue weighted by Gasteiger charge is -2.13. The summed E-state index contributed by atoms with van der Waals surface area (Å²) >= 11 is 0. The minimum Gasteiger partial charge on any atom is -0.495 e. The fourth-order valence-electron chi connectivity index (χ4n) is 3.76. The number of anilines is 2. The number of rotatable bonds is 7. The molecule has 0 fully saturated rings. The van der Waals surface area contributed by atoms with E-state index in [0.717, 1.165) is 39.8 Å². The number of nitrogens with zero attached hydrogens (tertiary/aromatic N) is 3. The van der Waals surface area contributed by atoms with Crippen molar-refractivity contribution < 1.29 is 17.9 Å². The molecule has 10 heteroatoms. The summed E-state index contributed by atoms with van der Waals surface area (Å²) in [5.74, 6) is 0.179. The van der Waals surface area contributed by atoms with Crippen molar-refractivity contribution in [3.63, 3.8) is 0 Å². The number of pyridine rings is 1. The number of carbonyl (C=O) groups is 1. The van der Waals surface area contributed by atoms with E-state index < -0.39 is 10.0 Å². The van der Waals surface area contributed by atoms with Crippen LogP contribution in [0.3, 0.4) is 0 Å². The van der Waals surface area contributed by atoms with Gasteiger partial charge in [-0.05, 0) is 56.5 Å². The van der Waals surface area contributed by atoms with E-state index >= 15 is 0 Å². The van der Waals surface area contributed by atoms with Crippen LogP contribution in [0.1, 0.15) is 28.9 Å². The maximum absolute atomic E-state index is 12.6. The van der Waals surface area contributed by atoms with Crippen molar-refractivity contribution in [1.29, 1.82) is 0 Å². The van der Waals surface area contributed by atoms with Gasteiger partial charge < -0.3 is 10.1 Å². The Labute approximate surface area is 181 Å². The highest BCUT2D eigenvalue weighted by atomic mass is 32.2. The first kappa shape index (κ1) is 22.5. The van der Waals surface area contributed by atoms with Gasteiger partial charge in [0.2, 0.25) is 15.9 Å². The second-order valence-corrected chi connectivity index (χ2v) is 9.29. The molecule has 0 unspecified atom stereocenters. The minimum absolute atomic E-state index is 0.183. The fraction of sp³-hybridized carbons (Fsp3) is 0.381. The Morgan fingerprint density at radius 3 is 2.55 bits per heavy atom. The van der Waals surface area contributed by atoms with E-state index in [1.165, 1.54) is 13.2 Å². The van der Waals surface area contributed by atoms with E-state index in [2.05, 4.69) is 20.1 Å². The lowest BCUT2D eigenvalue weighted by Crippen LogP contribution is -2.14. The van der Waals surface area contributed by atoms with Crippen LogP contribution in [-0.2, 0) is 28.3 Å². The highest BCUT2D eigenvalue weighted by Gasteiger charge is 2.16. The number of amides is 1. The largest absolute Gasteiger partial charge is 0.495 e. The molecular weight excluding hydrogens is 418 g/mol. The summed E-state index contributed by atoms with van der Waals surface area (Å²) in [6, 6.07) is 4.79. The molecule has 1 aromatic carbocycles. The van der Waals surface area contributed by atoms with Gasteiger partial charge in [-0.15, -0.1) is 0 Å². The summed E-state index contributed by atoms with van der Waals surface area (Å²) in [5, 5.41) is 8.29. The monoisotopic (exact) mass is 445 g/mol. The number of benzene rings is 1. The van der Waals surface area contributed by atoms with Crippen molar-refractivity contribution in [2.45, 2.75) is 33.6 Å². The molecule has 0 saturated carbocycles. The van der Waals surface area contributed by atoms with Crippen LogP contribution in [-0.4, -0.2) is 42.5 Å². The predicted molar refractivity (Wildman–Crippen MR) is 121 cm³/mol. The van der Waals surface area contributed by atoms with Crippen molar-refractivity contribution in [2.24, 2.45) is 7.05 Å². The van der Waals surface area contributed by atoms with Gasteiger partial charge in [0.25, 0.3) is 0 Å². The third kappa shape index (κ3) is 4.96. The molecule has 31 heavy (non-hydrogen) atoms. The Bertz CT molecular complexity index is 1260. The molecule has 3 aromatic rings. The number of aromatic nitrogens is 3. The fourth-order valence-corrected chi connectivity index (χ4v) is 4.32. The molecule has 1 amide bonds.